The number of halogens is 1. The van der Waals surface area contributed by atoms with E-state index in [-0.39, 0.29) is 18.5 Å². The summed E-state index contributed by atoms with van der Waals surface area (Å²) < 4.78 is 0.965. The summed E-state index contributed by atoms with van der Waals surface area (Å²) in [5.74, 6) is -1.18. The molecule has 0 saturated heterocycles. The van der Waals surface area contributed by atoms with E-state index in [4.69, 9.17) is 11.6 Å². The third kappa shape index (κ3) is 4.07. The van der Waals surface area contributed by atoms with E-state index in [9.17, 15) is 20.0 Å². The molecule has 0 atom stereocenters. The molecule has 0 amide bonds. The molecule has 0 aliphatic carbocycles. The highest BCUT2D eigenvalue weighted by molar-refractivity contribution is 7.19. The largest absolute Gasteiger partial charge is 0.550 e. The standard InChI is InChI=1S/C18H13ClN2O4S/c19-14-7-6-13(21(24)25)10-12(14)9-11(5-8-17(22)23)18-20-15-3-1-2-4-16(15)26-18/h1-4,6-7,9-10H,5,8H2,(H,22,23)/p-1/b11-9+. The Morgan fingerprint density at radius 1 is 1.23 bits per heavy atom. The predicted molar refractivity (Wildman–Crippen MR) is 99.8 cm³/mol. The molecule has 132 valence electrons. The second kappa shape index (κ2) is 7.63. The van der Waals surface area contributed by atoms with Gasteiger partial charge in [0.25, 0.3) is 5.69 Å². The van der Waals surface area contributed by atoms with Gasteiger partial charge in [-0.15, -0.1) is 11.3 Å². The Hall–Kier alpha value is -2.77. The van der Waals surface area contributed by atoms with Gasteiger partial charge in [-0.25, -0.2) is 4.98 Å². The number of nitro groups is 1. The Balaban J connectivity index is 2.08. The summed E-state index contributed by atoms with van der Waals surface area (Å²) in [6.07, 6.45) is 1.64. The van der Waals surface area contributed by atoms with E-state index in [1.54, 1.807) is 6.08 Å². The Labute approximate surface area is 157 Å². The van der Waals surface area contributed by atoms with Crippen LogP contribution in [0, 0.1) is 10.1 Å². The summed E-state index contributed by atoms with van der Waals surface area (Å²) in [5, 5.41) is 22.9. The Kier molecular flexibility index (Phi) is 5.29. The van der Waals surface area contributed by atoms with Crippen LogP contribution >= 0.6 is 22.9 Å². The molecule has 0 radical (unpaired) electrons. The molecule has 1 heterocycles. The summed E-state index contributed by atoms with van der Waals surface area (Å²) >= 11 is 7.58. The number of para-hydroxylation sites is 1. The van der Waals surface area contributed by atoms with Crippen LogP contribution in [0.3, 0.4) is 0 Å². The highest BCUT2D eigenvalue weighted by Gasteiger charge is 2.13. The van der Waals surface area contributed by atoms with Crippen molar-refractivity contribution >= 4 is 56.5 Å². The molecular formula is C18H12ClN2O4S-. The minimum absolute atomic E-state index is 0.0933. The van der Waals surface area contributed by atoms with Crippen LogP contribution < -0.4 is 5.11 Å². The lowest BCUT2D eigenvalue weighted by molar-refractivity contribution is -0.384. The molecule has 6 nitrogen and oxygen atoms in total. The van der Waals surface area contributed by atoms with E-state index in [1.165, 1.54) is 29.5 Å². The Morgan fingerprint density at radius 3 is 2.69 bits per heavy atom. The number of carbonyl (C=O) groups is 1. The lowest BCUT2D eigenvalue weighted by atomic mass is 10.1. The van der Waals surface area contributed by atoms with E-state index in [0.717, 1.165) is 10.2 Å². The van der Waals surface area contributed by atoms with Crippen LogP contribution in [0.25, 0.3) is 21.9 Å². The summed E-state index contributed by atoms with van der Waals surface area (Å²) in [6.45, 7) is 0. The van der Waals surface area contributed by atoms with Gasteiger partial charge in [0.15, 0.2) is 0 Å². The number of carboxylic acids is 1. The van der Waals surface area contributed by atoms with Gasteiger partial charge in [0.1, 0.15) is 5.01 Å². The smallest absolute Gasteiger partial charge is 0.270 e. The van der Waals surface area contributed by atoms with Crippen LogP contribution in [0.15, 0.2) is 42.5 Å². The molecular weight excluding hydrogens is 376 g/mol. The number of rotatable bonds is 6. The number of non-ortho nitro benzene ring substituents is 1. The quantitative estimate of drug-likeness (QED) is 0.471. The van der Waals surface area contributed by atoms with Crippen molar-refractivity contribution in [2.24, 2.45) is 0 Å². The molecule has 0 saturated carbocycles. The van der Waals surface area contributed by atoms with Gasteiger partial charge in [0, 0.05) is 28.7 Å². The SMILES string of the molecule is O=C([O-])CC/C(=C\c1cc([N+](=O)[O-])ccc1Cl)c1nc2ccccc2s1. The number of nitrogens with zero attached hydrogens (tertiary/aromatic N) is 2. The average Bonchev–Trinajstić information content (AvgIpc) is 3.03. The monoisotopic (exact) mass is 387 g/mol. The molecule has 0 aliphatic heterocycles. The fourth-order valence-corrected chi connectivity index (χ4v) is 3.61. The third-order valence-corrected chi connectivity index (χ3v) is 5.14. The summed E-state index contributed by atoms with van der Waals surface area (Å²) in [4.78, 5) is 25.9. The molecule has 3 rings (SSSR count). The lowest BCUT2D eigenvalue weighted by Crippen LogP contribution is -2.21. The number of allylic oxidation sites excluding steroid dienone is 1. The zero-order valence-electron chi connectivity index (χ0n) is 13.3. The number of carbonyl (C=O) groups excluding carboxylic acids is 1. The molecule has 0 unspecified atom stereocenters. The van der Waals surface area contributed by atoms with Crippen LogP contribution in [0.2, 0.25) is 5.02 Å². The molecule has 26 heavy (non-hydrogen) atoms. The Morgan fingerprint density at radius 2 is 2.00 bits per heavy atom. The van der Waals surface area contributed by atoms with Gasteiger partial charge in [-0.3, -0.25) is 10.1 Å². The van der Waals surface area contributed by atoms with Crippen LogP contribution in [-0.4, -0.2) is 15.9 Å². The fourth-order valence-electron chi connectivity index (χ4n) is 2.43. The molecule has 0 fully saturated rings. The fraction of sp³-hybridized carbons (Fsp3) is 0.111. The van der Waals surface area contributed by atoms with E-state index in [2.05, 4.69) is 4.98 Å². The molecule has 0 aliphatic rings. The summed E-state index contributed by atoms with van der Waals surface area (Å²) in [7, 11) is 0. The normalized spacial score (nSPS) is 11.7. The predicted octanol–water partition coefficient (Wildman–Crippen LogP) is 3.93. The number of nitro benzene ring substituents is 1. The molecule has 1 aromatic heterocycles. The van der Waals surface area contributed by atoms with Crippen molar-refractivity contribution in [3.05, 3.63) is 68.2 Å². The zero-order valence-corrected chi connectivity index (χ0v) is 14.9. The first-order valence-electron chi connectivity index (χ1n) is 7.64. The van der Waals surface area contributed by atoms with Crippen molar-refractivity contribution in [3.8, 4) is 0 Å². The molecule has 8 heteroatoms. The molecule has 2 aromatic carbocycles. The van der Waals surface area contributed by atoms with Crippen LogP contribution in [0.1, 0.15) is 23.4 Å². The van der Waals surface area contributed by atoms with Crippen LogP contribution in [0.5, 0.6) is 0 Å². The van der Waals surface area contributed by atoms with E-state index in [1.807, 2.05) is 24.3 Å². The number of hydrogen-bond acceptors (Lipinski definition) is 6. The van der Waals surface area contributed by atoms with Crippen molar-refractivity contribution in [2.75, 3.05) is 0 Å². The van der Waals surface area contributed by atoms with E-state index in [0.29, 0.717) is 21.2 Å². The maximum absolute atomic E-state index is 11.0. The number of hydrogen-bond donors (Lipinski definition) is 0. The number of aromatic nitrogens is 1. The van der Waals surface area contributed by atoms with Gasteiger partial charge in [0.05, 0.1) is 15.1 Å². The highest BCUT2D eigenvalue weighted by Crippen LogP contribution is 2.33. The second-order valence-electron chi connectivity index (χ2n) is 5.49. The molecule has 3 aromatic rings. The second-order valence-corrected chi connectivity index (χ2v) is 6.93. The van der Waals surface area contributed by atoms with Crippen molar-refractivity contribution in [3.63, 3.8) is 0 Å². The van der Waals surface area contributed by atoms with Crippen molar-refractivity contribution < 1.29 is 14.8 Å². The number of carboxylic acid groups (broad SMARTS) is 1. The highest BCUT2D eigenvalue weighted by atomic mass is 35.5. The van der Waals surface area contributed by atoms with Gasteiger partial charge in [-0.2, -0.15) is 0 Å². The van der Waals surface area contributed by atoms with Gasteiger partial charge in [0.2, 0.25) is 0 Å². The van der Waals surface area contributed by atoms with E-state index < -0.39 is 10.9 Å². The molecule has 0 bridgehead atoms. The maximum atomic E-state index is 11.0. The number of aliphatic carboxylic acids is 1. The lowest BCUT2D eigenvalue weighted by Gasteiger charge is -2.07. The molecule has 0 spiro atoms. The minimum atomic E-state index is -1.18. The Bertz CT molecular complexity index is 996. The third-order valence-electron chi connectivity index (χ3n) is 3.69. The van der Waals surface area contributed by atoms with Gasteiger partial charge < -0.3 is 9.90 Å². The topological polar surface area (TPSA) is 96.2 Å². The van der Waals surface area contributed by atoms with Crippen molar-refractivity contribution in [1.82, 2.24) is 4.98 Å². The first kappa shape index (κ1) is 18.0. The molecule has 0 N–H and O–H groups in total. The number of thiazole rings is 1. The summed E-state index contributed by atoms with van der Waals surface area (Å²) in [6, 6.07) is 11.7. The maximum Gasteiger partial charge on any atom is 0.270 e. The summed E-state index contributed by atoms with van der Waals surface area (Å²) in [5.41, 5.74) is 1.78. The number of fused-ring (bicyclic) bond motifs is 1. The minimum Gasteiger partial charge on any atom is -0.550 e. The zero-order chi connectivity index (χ0) is 18.7. The first-order valence-corrected chi connectivity index (χ1v) is 8.84. The van der Waals surface area contributed by atoms with E-state index >= 15 is 0 Å². The van der Waals surface area contributed by atoms with Crippen LogP contribution in [0.4, 0.5) is 5.69 Å². The van der Waals surface area contributed by atoms with Gasteiger partial charge >= 0.3 is 0 Å². The van der Waals surface area contributed by atoms with Gasteiger partial charge in [-0.05, 0) is 42.7 Å². The average molecular weight is 388 g/mol. The first-order chi connectivity index (χ1) is 12.4. The number of benzene rings is 2. The van der Waals surface area contributed by atoms with Crippen molar-refractivity contribution in [1.29, 1.82) is 0 Å². The van der Waals surface area contributed by atoms with Crippen molar-refractivity contribution in [2.45, 2.75) is 12.8 Å². The van der Waals surface area contributed by atoms with Gasteiger partial charge in [-0.1, -0.05) is 23.7 Å². The van der Waals surface area contributed by atoms with Crippen LogP contribution in [-0.2, 0) is 4.79 Å².